The van der Waals surface area contributed by atoms with Crippen LogP contribution in [0.4, 0.5) is 4.79 Å². The molecule has 57 heavy (non-hydrogen) atoms. The second kappa shape index (κ2) is 21.0. The molecule has 2 saturated heterocycles. The number of hydrogen-bond acceptors (Lipinski definition) is 7. The summed E-state index contributed by atoms with van der Waals surface area (Å²) in [5.41, 5.74) is 6.03. The number of fused-ring (bicyclic) bond motifs is 1. The number of nitrogens with two attached hydrogens (primary N) is 1. The molecule has 7 N–H and O–H groups in total. The fraction of sp³-hybridized carbons (Fsp3) is 0.659. The number of urea groups is 1. The maximum atomic E-state index is 14.8. The number of benzene rings is 2. The van der Waals surface area contributed by atoms with Crippen LogP contribution in [0.15, 0.2) is 42.5 Å². The van der Waals surface area contributed by atoms with Crippen molar-refractivity contribution in [3.8, 4) is 0 Å². The smallest absolute Gasteiger partial charge is 0.315 e. The SMILES string of the molecule is NC(=O)C(O)C(CCCCNC(=O)NC1CCCCC1)NC(=O)[C@@H]1C[C@@H](N2CCCCC2)CN1C(=O)C(CC1CCCCC1)NC(=O)c1ccc2ccccc2c1. The number of aliphatic hydroxyl groups is 1. The summed E-state index contributed by atoms with van der Waals surface area (Å²) in [4.78, 5) is 71.7. The molecule has 2 aliphatic heterocycles. The van der Waals surface area contributed by atoms with Crippen molar-refractivity contribution in [1.29, 1.82) is 0 Å². The normalized spacial score (nSPS) is 22.6. The van der Waals surface area contributed by atoms with E-state index in [1.54, 1.807) is 11.0 Å². The van der Waals surface area contributed by atoms with E-state index in [0.717, 1.165) is 101 Å². The summed E-state index contributed by atoms with van der Waals surface area (Å²) in [7, 11) is 0. The summed E-state index contributed by atoms with van der Waals surface area (Å²) in [5, 5.41) is 24.8. The van der Waals surface area contributed by atoms with Crippen LogP contribution in [-0.4, -0.2) is 107 Å². The summed E-state index contributed by atoms with van der Waals surface area (Å²) in [6.07, 6.45) is 14.6. The molecule has 2 aliphatic carbocycles. The van der Waals surface area contributed by atoms with E-state index in [4.69, 9.17) is 5.73 Å². The van der Waals surface area contributed by atoms with Gasteiger partial charge in [-0.1, -0.05) is 88.1 Å². The summed E-state index contributed by atoms with van der Waals surface area (Å²) < 4.78 is 0. The highest BCUT2D eigenvalue weighted by atomic mass is 16.3. The number of amides is 6. The summed E-state index contributed by atoms with van der Waals surface area (Å²) in [6, 6.07) is 10.7. The predicted molar refractivity (Wildman–Crippen MR) is 220 cm³/mol. The van der Waals surface area contributed by atoms with Crippen molar-refractivity contribution in [2.24, 2.45) is 11.7 Å². The number of hydrogen-bond donors (Lipinski definition) is 6. The van der Waals surface area contributed by atoms with Crippen LogP contribution in [0.1, 0.15) is 126 Å². The van der Waals surface area contributed by atoms with E-state index >= 15 is 0 Å². The molecule has 2 aromatic rings. The molecule has 13 nitrogen and oxygen atoms in total. The van der Waals surface area contributed by atoms with E-state index in [1.165, 1.54) is 6.42 Å². The van der Waals surface area contributed by atoms with Crippen molar-refractivity contribution in [1.82, 2.24) is 31.1 Å². The Balaban J connectivity index is 1.15. The van der Waals surface area contributed by atoms with Gasteiger partial charge in [-0.3, -0.25) is 24.1 Å². The number of nitrogens with zero attached hydrogens (tertiary/aromatic N) is 2. The van der Waals surface area contributed by atoms with Gasteiger partial charge in [0.25, 0.3) is 5.91 Å². The Labute approximate surface area is 337 Å². The number of rotatable bonds is 16. The van der Waals surface area contributed by atoms with Crippen LogP contribution in [0, 0.1) is 5.92 Å². The van der Waals surface area contributed by atoms with Crippen LogP contribution in [-0.2, 0) is 14.4 Å². The first kappa shape index (κ1) is 42.4. The quantitative estimate of drug-likeness (QED) is 0.135. The lowest BCUT2D eigenvalue weighted by molar-refractivity contribution is -0.141. The zero-order valence-corrected chi connectivity index (χ0v) is 33.6. The van der Waals surface area contributed by atoms with Crippen molar-refractivity contribution >= 4 is 40.4 Å². The molecule has 4 aliphatic rings. The van der Waals surface area contributed by atoms with Gasteiger partial charge in [0.2, 0.25) is 17.7 Å². The number of unbranched alkanes of at least 4 members (excludes halogenated alkanes) is 1. The average molecular weight is 788 g/mol. The van der Waals surface area contributed by atoms with Crippen molar-refractivity contribution in [2.75, 3.05) is 26.2 Å². The van der Waals surface area contributed by atoms with E-state index in [1.807, 2.05) is 36.4 Å². The number of carbonyl (C=O) groups is 5. The third-order valence-electron chi connectivity index (χ3n) is 12.8. The first-order chi connectivity index (χ1) is 27.7. The number of carbonyl (C=O) groups excluding carboxylic acids is 5. The molecule has 6 amide bonds. The van der Waals surface area contributed by atoms with Crippen LogP contribution >= 0.6 is 0 Å². The lowest BCUT2D eigenvalue weighted by Crippen LogP contribution is -2.57. The van der Waals surface area contributed by atoms with E-state index in [0.29, 0.717) is 44.3 Å². The summed E-state index contributed by atoms with van der Waals surface area (Å²) in [6.45, 7) is 2.53. The van der Waals surface area contributed by atoms with Crippen molar-refractivity contribution in [2.45, 2.75) is 152 Å². The first-order valence-corrected chi connectivity index (χ1v) is 21.8. The Kier molecular flexibility index (Phi) is 15.6. The minimum absolute atomic E-state index is 0.0399. The Morgan fingerprint density at radius 1 is 0.807 bits per heavy atom. The Morgan fingerprint density at radius 3 is 2.21 bits per heavy atom. The van der Waals surface area contributed by atoms with Crippen molar-refractivity contribution in [3.63, 3.8) is 0 Å². The predicted octanol–water partition coefficient (Wildman–Crippen LogP) is 4.50. The highest BCUT2D eigenvalue weighted by Gasteiger charge is 2.45. The molecule has 13 heteroatoms. The third kappa shape index (κ3) is 11.9. The fourth-order valence-corrected chi connectivity index (χ4v) is 9.56. The second-order valence-electron chi connectivity index (χ2n) is 17.0. The molecule has 0 spiro atoms. The standard InChI is InChI=1S/C44H65N7O6/c45-40(53)39(52)36(20-10-11-23-46-44(57)47-34-18-6-2-7-19-34)48-42(55)38-28-35(50-24-12-3-13-25-50)29-51(38)43(56)37(26-30-14-4-1-5-15-30)49-41(54)33-22-21-31-16-8-9-17-32(31)27-33/h8-9,16-17,21-22,27,30,34-39,52H,1-7,10-15,18-20,23-26,28-29H2,(H2,45,53)(H,48,55)(H,49,54)(H2,46,47,57)/t35-,36?,37?,38+,39?/m1/s1. The number of piperidine rings is 1. The van der Waals surface area contributed by atoms with Gasteiger partial charge in [-0.25, -0.2) is 4.79 Å². The van der Waals surface area contributed by atoms with Gasteiger partial charge in [0.05, 0.1) is 6.04 Å². The Morgan fingerprint density at radius 2 is 1.49 bits per heavy atom. The molecule has 2 aromatic carbocycles. The molecule has 5 atom stereocenters. The van der Waals surface area contributed by atoms with Crippen LogP contribution in [0.5, 0.6) is 0 Å². The van der Waals surface area contributed by atoms with Gasteiger partial charge in [0, 0.05) is 30.7 Å². The van der Waals surface area contributed by atoms with Gasteiger partial charge in [0.1, 0.15) is 12.1 Å². The van der Waals surface area contributed by atoms with E-state index in [9.17, 15) is 29.1 Å². The van der Waals surface area contributed by atoms with Crippen molar-refractivity contribution < 1.29 is 29.1 Å². The molecule has 6 rings (SSSR count). The van der Waals surface area contributed by atoms with Gasteiger partial charge in [0.15, 0.2) is 6.10 Å². The largest absolute Gasteiger partial charge is 0.381 e. The minimum Gasteiger partial charge on any atom is -0.381 e. The highest BCUT2D eigenvalue weighted by Crippen LogP contribution is 2.31. The van der Waals surface area contributed by atoms with Crippen LogP contribution < -0.4 is 27.0 Å². The highest BCUT2D eigenvalue weighted by molar-refractivity contribution is 6.01. The van der Waals surface area contributed by atoms with Crippen LogP contribution in [0.2, 0.25) is 0 Å². The number of aliphatic hydroxyl groups excluding tert-OH is 1. The zero-order valence-electron chi connectivity index (χ0n) is 33.6. The first-order valence-electron chi connectivity index (χ1n) is 21.8. The van der Waals surface area contributed by atoms with E-state index in [2.05, 4.69) is 26.2 Å². The maximum Gasteiger partial charge on any atom is 0.315 e. The van der Waals surface area contributed by atoms with Crippen LogP contribution in [0.3, 0.4) is 0 Å². The molecular weight excluding hydrogens is 723 g/mol. The number of primary amides is 1. The van der Waals surface area contributed by atoms with Crippen LogP contribution in [0.25, 0.3) is 10.8 Å². The molecule has 4 fully saturated rings. The summed E-state index contributed by atoms with van der Waals surface area (Å²) in [5.74, 6) is -1.72. The lowest BCUT2D eigenvalue weighted by Gasteiger charge is -2.33. The molecular formula is C44H65N7O6. The molecule has 2 saturated carbocycles. The third-order valence-corrected chi connectivity index (χ3v) is 12.8. The zero-order chi connectivity index (χ0) is 40.1. The van der Waals surface area contributed by atoms with E-state index < -0.39 is 36.0 Å². The van der Waals surface area contributed by atoms with E-state index in [-0.39, 0.29) is 42.3 Å². The van der Waals surface area contributed by atoms with Gasteiger partial charge in [-0.05, 0) is 99.7 Å². The lowest BCUT2D eigenvalue weighted by atomic mass is 9.84. The number of nitrogens with one attached hydrogen (secondary N) is 4. The second-order valence-corrected chi connectivity index (χ2v) is 17.0. The molecule has 0 bridgehead atoms. The molecule has 3 unspecified atom stereocenters. The molecule has 0 aromatic heterocycles. The Bertz CT molecular complexity index is 1670. The van der Waals surface area contributed by atoms with Crippen molar-refractivity contribution in [3.05, 3.63) is 48.0 Å². The maximum absolute atomic E-state index is 14.8. The fourth-order valence-electron chi connectivity index (χ4n) is 9.56. The van der Waals surface area contributed by atoms with Gasteiger partial charge >= 0.3 is 6.03 Å². The number of likely N-dealkylation sites (tertiary alicyclic amines) is 2. The molecule has 312 valence electrons. The topological polar surface area (TPSA) is 186 Å². The van der Waals surface area contributed by atoms with Gasteiger partial charge < -0.3 is 37.0 Å². The van der Waals surface area contributed by atoms with Gasteiger partial charge in [-0.2, -0.15) is 0 Å². The minimum atomic E-state index is -1.62. The summed E-state index contributed by atoms with van der Waals surface area (Å²) >= 11 is 0. The Hall–Kier alpha value is -4.23. The molecule has 2 heterocycles. The van der Waals surface area contributed by atoms with Gasteiger partial charge in [-0.15, -0.1) is 0 Å². The molecule has 0 radical (unpaired) electrons. The monoisotopic (exact) mass is 787 g/mol. The average Bonchev–Trinajstić information content (AvgIpc) is 3.69.